The van der Waals surface area contributed by atoms with Gasteiger partial charge in [-0.1, -0.05) is 17.7 Å². The molecule has 0 aliphatic rings. The summed E-state index contributed by atoms with van der Waals surface area (Å²) < 4.78 is 4.57. The minimum Gasteiger partial charge on any atom is -0.469 e. The number of hydrogen-bond donors (Lipinski definition) is 0. The number of methoxy groups -OCH3 is 1. The van der Waals surface area contributed by atoms with E-state index in [-0.39, 0.29) is 5.97 Å². The van der Waals surface area contributed by atoms with Crippen LogP contribution in [0.4, 0.5) is 0 Å². The normalized spacial score (nSPS) is 10.5. The quantitative estimate of drug-likeness (QED) is 0.583. The first-order valence-electron chi connectivity index (χ1n) is 4.98. The highest BCUT2D eigenvalue weighted by molar-refractivity contribution is 6.29. The second-order valence-electron chi connectivity index (χ2n) is 3.52. The molecule has 16 heavy (non-hydrogen) atoms. The third kappa shape index (κ3) is 4.59. The number of esters is 1. The van der Waals surface area contributed by atoms with Gasteiger partial charge in [-0.2, -0.15) is 0 Å². The number of nitrogens with zero attached hydrogens (tertiary/aromatic N) is 2. The maximum absolute atomic E-state index is 10.9. The van der Waals surface area contributed by atoms with Crippen LogP contribution in [0.15, 0.2) is 18.2 Å². The zero-order valence-corrected chi connectivity index (χ0v) is 10.2. The molecule has 0 aliphatic heterocycles. The maximum atomic E-state index is 10.9. The van der Waals surface area contributed by atoms with Crippen molar-refractivity contribution in [2.24, 2.45) is 0 Å². The second kappa shape index (κ2) is 6.45. The molecule has 1 aromatic rings. The Balaban J connectivity index is 2.39. The second-order valence-corrected chi connectivity index (χ2v) is 3.90. The van der Waals surface area contributed by atoms with Gasteiger partial charge in [0, 0.05) is 13.1 Å². The summed E-state index contributed by atoms with van der Waals surface area (Å²) in [5.74, 6) is -0.203. The number of pyridine rings is 1. The van der Waals surface area contributed by atoms with E-state index in [1.807, 2.05) is 24.1 Å². The van der Waals surface area contributed by atoms with E-state index < -0.39 is 0 Å². The molecule has 0 saturated carbocycles. The fraction of sp³-hybridized carbons (Fsp3) is 0.455. The Morgan fingerprint density at radius 1 is 1.56 bits per heavy atom. The summed E-state index contributed by atoms with van der Waals surface area (Å²) in [5, 5.41) is 0.485. The number of carbonyl (C=O) groups is 1. The van der Waals surface area contributed by atoms with Crippen LogP contribution in [0.25, 0.3) is 0 Å². The largest absolute Gasteiger partial charge is 0.469 e. The molecule has 5 heteroatoms. The van der Waals surface area contributed by atoms with Gasteiger partial charge in [-0.3, -0.25) is 9.69 Å². The third-order valence-electron chi connectivity index (χ3n) is 2.13. The molecule has 0 fully saturated rings. The summed E-state index contributed by atoms with van der Waals surface area (Å²) >= 11 is 5.77. The molecule has 0 atom stereocenters. The number of halogens is 1. The molecule has 88 valence electrons. The molecule has 0 N–H and O–H groups in total. The van der Waals surface area contributed by atoms with Gasteiger partial charge in [0.05, 0.1) is 19.2 Å². The van der Waals surface area contributed by atoms with Crippen LogP contribution < -0.4 is 0 Å². The molecule has 1 aromatic heterocycles. The predicted molar refractivity (Wildman–Crippen MR) is 62.2 cm³/mol. The zero-order chi connectivity index (χ0) is 12.0. The van der Waals surface area contributed by atoms with E-state index in [0.29, 0.717) is 24.7 Å². The van der Waals surface area contributed by atoms with Crippen LogP contribution in [0.2, 0.25) is 5.15 Å². The number of aromatic nitrogens is 1. The van der Waals surface area contributed by atoms with Gasteiger partial charge in [0.2, 0.25) is 0 Å². The van der Waals surface area contributed by atoms with Crippen molar-refractivity contribution in [2.45, 2.75) is 13.0 Å². The van der Waals surface area contributed by atoms with Gasteiger partial charge in [0.1, 0.15) is 5.15 Å². The van der Waals surface area contributed by atoms with Crippen LogP contribution in [0.1, 0.15) is 12.1 Å². The van der Waals surface area contributed by atoms with Gasteiger partial charge in [0.25, 0.3) is 0 Å². The fourth-order valence-corrected chi connectivity index (χ4v) is 1.46. The Labute approximate surface area is 100 Å². The molecule has 1 heterocycles. The molecule has 0 amide bonds. The summed E-state index contributed by atoms with van der Waals surface area (Å²) in [4.78, 5) is 17.1. The Morgan fingerprint density at radius 3 is 2.94 bits per heavy atom. The monoisotopic (exact) mass is 242 g/mol. The smallest absolute Gasteiger partial charge is 0.306 e. The van der Waals surface area contributed by atoms with Crippen molar-refractivity contribution in [1.29, 1.82) is 0 Å². The van der Waals surface area contributed by atoms with Crippen molar-refractivity contribution in [3.05, 3.63) is 29.0 Å². The van der Waals surface area contributed by atoms with Crippen molar-refractivity contribution in [1.82, 2.24) is 9.88 Å². The highest BCUT2D eigenvalue weighted by Crippen LogP contribution is 2.07. The molecule has 4 nitrogen and oxygen atoms in total. The van der Waals surface area contributed by atoms with E-state index in [2.05, 4.69) is 9.72 Å². The summed E-state index contributed by atoms with van der Waals surface area (Å²) in [6.45, 7) is 1.30. The van der Waals surface area contributed by atoms with E-state index in [9.17, 15) is 4.79 Å². The molecule has 0 saturated heterocycles. The van der Waals surface area contributed by atoms with E-state index in [4.69, 9.17) is 11.6 Å². The zero-order valence-electron chi connectivity index (χ0n) is 9.44. The standard InChI is InChI=1S/C11H15ClN2O2/c1-14(7-6-11(15)16-2)8-9-4-3-5-10(12)13-9/h3-5H,6-8H2,1-2H3. The molecule has 0 aromatic carbocycles. The number of ether oxygens (including phenoxy) is 1. The molecule has 1 rings (SSSR count). The van der Waals surface area contributed by atoms with Crippen molar-refractivity contribution < 1.29 is 9.53 Å². The summed E-state index contributed by atoms with van der Waals surface area (Å²) in [6.07, 6.45) is 0.383. The highest BCUT2D eigenvalue weighted by Gasteiger charge is 2.05. The minimum absolute atomic E-state index is 0.203. The first-order chi connectivity index (χ1) is 7.61. The van der Waals surface area contributed by atoms with Gasteiger partial charge in [0.15, 0.2) is 0 Å². The molecule has 0 radical (unpaired) electrons. The first-order valence-corrected chi connectivity index (χ1v) is 5.36. The Hall–Kier alpha value is -1.13. The third-order valence-corrected chi connectivity index (χ3v) is 2.34. The number of hydrogen-bond acceptors (Lipinski definition) is 4. The van der Waals surface area contributed by atoms with Gasteiger partial charge in [-0.25, -0.2) is 4.98 Å². The highest BCUT2D eigenvalue weighted by atomic mass is 35.5. The molecular weight excluding hydrogens is 228 g/mol. The van der Waals surface area contributed by atoms with Crippen LogP contribution in [0, 0.1) is 0 Å². The van der Waals surface area contributed by atoms with E-state index >= 15 is 0 Å². The molecular formula is C11H15ClN2O2. The van der Waals surface area contributed by atoms with Gasteiger partial charge < -0.3 is 4.74 Å². The summed E-state index contributed by atoms with van der Waals surface area (Å²) in [7, 11) is 3.31. The maximum Gasteiger partial charge on any atom is 0.306 e. The Morgan fingerprint density at radius 2 is 2.31 bits per heavy atom. The summed E-state index contributed by atoms with van der Waals surface area (Å²) in [6, 6.07) is 5.50. The fourth-order valence-electron chi connectivity index (χ4n) is 1.28. The van der Waals surface area contributed by atoms with Crippen molar-refractivity contribution >= 4 is 17.6 Å². The van der Waals surface area contributed by atoms with Crippen molar-refractivity contribution in [2.75, 3.05) is 20.7 Å². The van der Waals surface area contributed by atoms with Crippen LogP contribution >= 0.6 is 11.6 Å². The van der Waals surface area contributed by atoms with Crippen LogP contribution in [0.3, 0.4) is 0 Å². The van der Waals surface area contributed by atoms with Crippen molar-refractivity contribution in [3.63, 3.8) is 0 Å². The minimum atomic E-state index is -0.203. The number of carbonyl (C=O) groups excluding carboxylic acids is 1. The Kier molecular flexibility index (Phi) is 5.22. The van der Waals surface area contributed by atoms with Crippen LogP contribution in [0.5, 0.6) is 0 Å². The SMILES string of the molecule is COC(=O)CCN(C)Cc1cccc(Cl)n1. The molecule has 0 aliphatic carbocycles. The lowest BCUT2D eigenvalue weighted by atomic mass is 10.3. The molecule has 0 spiro atoms. The number of rotatable bonds is 5. The van der Waals surface area contributed by atoms with Crippen molar-refractivity contribution in [3.8, 4) is 0 Å². The lowest BCUT2D eigenvalue weighted by Crippen LogP contribution is -2.22. The summed E-state index contributed by atoms with van der Waals surface area (Å²) in [5.41, 5.74) is 0.889. The average Bonchev–Trinajstić information content (AvgIpc) is 2.26. The first kappa shape index (κ1) is 12.9. The van der Waals surface area contributed by atoms with Crippen LogP contribution in [-0.2, 0) is 16.1 Å². The van der Waals surface area contributed by atoms with E-state index in [1.165, 1.54) is 7.11 Å². The van der Waals surface area contributed by atoms with Gasteiger partial charge >= 0.3 is 5.97 Å². The van der Waals surface area contributed by atoms with E-state index in [1.54, 1.807) is 6.07 Å². The molecule has 0 unspecified atom stereocenters. The van der Waals surface area contributed by atoms with E-state index in [0.717, 1.165) is 5.69 Å². The Bertz CT molecular complexity index is 358. The van der Waals surface area contributed by atoms with Crippen LogP contribution in [-0.4, -0.2) is 36.6 Å². The lowest BCUT2D eigenvalue weighted by molar-refractivity contribution is -0.140. The molecule has 0 bridgehead atoms. The lowest BCUT2D eigenvalue weighted by Gasteiger charge is -2.15. The average molecular weight is 243 g/mol. The van der Waals surface area contributed by atoms with Gasteiger partial charge in [-0.15, -0.1) is 0 Å². The predicted octanol–water partition coefficient (Wildman–Crippen LogP) is 1.73. The topological polar surface area (TPSA) is 42.4 Å². The van der Waals surface area contributed by atoms with Gasteiger partial charge in [-0.05, 0) is 19.2 Å².